The molecule has 104 valence electrons. The number of thioether (sulfide) groups is 1. The van der Waals surface area contributed by atoms with Crippen molar-refractivity contribution in [3.8, 4) is 5.75 Å². The van der Waals surface area contributed by atoms with E-state index in [2.05, 4.69) is 10.3 Å². The zero-order valence-corrected chi connectivity index (χ0v) is 12.2. The molecule has 1 heterocycles. The van der Waals surface area contributed by atoms with Gasteiger partial charge in [0.25, 0.3) is 0 Å². The Morgan fingerprint density at radius 1 is 1.30 bits per heavy atom. The van der Waals surface area contributed by atoms with Crippen molar-refractivity contribution in [1.82, 2.24) is 4.98 Å². The zero-order chi connectivity index (χ0) is 14.4. The highest BCUT2D eigenvalue weighted by Crippen LogP contribution is 2.23. The standard InChI is InChI=1S/C15H16N2O2S/c1-11-7-8-15(16-9-11)20-10-14(18)17-12-5-3-4-6-13(12)19-2/h3-9H,10H2,1-2H3,(H,17,18). The summed E-state index contributed by atoms with van der Waals surface area (Å²) in [6, 6.07) is 11.2. The smallest absolute Gasteiger partial charge is 0.234 e. The molecule has 5 heteroatoms. The summed E-state index contributed by atoms with van der Waals surface area (Å²) in [6.45, 7) is 1.98. The second kappa shape index (κ2) is 6.96. The van der Waals surface area contributed by atoms with Gasteiger partial charge in [0.1, 0.15) is 5.75 Å². The van der Waals surface area contributed by atoms with E-state index in [1.807, 2.05) is 43.3 Å². The van der Waals surface area contributed by atoms with Gasteiger partial charge in [0.15, 0.2) is 0 Å². The molecule has 0 unspecified atom stereocenters. The molecule has 1 aromatic heterocycles. The fourth-order valence-electron chi connectivity index (χ4n) is 1.61. The maximum absolute atomic E-state index is 11.9. The molecule has 0 radical (unpaired) electrons. The molecule has 0 fully saturated rings. The van der Waals surface area contributed by atoms with Gasteiger partial charge in [-0.3, -0.25) is 4.79 Å². The van der Waals surface area contributed by atoms with Crippen LogP contribution in [0.3, 0.4) is 0 Å². The minimum Gasteiger partial charge on any atom is -0.495 e. The number of para-hydroxylation sites is 2. The van der Waals surface area contributed by atoms with E-state index in [1.54, 1.807) is 13.3 Å². The maximum atomic E-state index is 11.9. The minimum atomic E-state index is -0.0816. The quantitative estimate of drug-likeness (QED) is 0.859. The molecule has 20 heavy (non-hydrogen) atoms. The lowest BCUT2D eigenvalue weighted by molar-refractivity contribution is -0.113. The average molecular weight is 288 g/mol. The largest absolute Gasteiger partial charge is 0.495 e. The van der Waals surface area contributed by atoms with Crippen LogP contribution in [-0.4, -0.2) is 23.8 Å². The zero-order valence-electron chi connectivity index (χ0n) is 11.4. The number of amides is 1. The predicted octanol–water partition coefficient (Wildman–Crippen LogP) is 3.13. The number of carbonyl (C=O) groups is 1. The SMILES string of the molecule is COc1ccccc1NC(=O)CSc1ccc(C)cn1. The van der Waals surface area contributed by atoms with Crippen LogP contribution in [0.1, 0.15) is 5.56 Å². The molecule has 0 bridgehead atoms. The van der Waals surface area contributed by atoms with E-state index < -0.39 is 0 Å². The summed E-state index contributed by atoms with van der Waals surface area (Å²) in [7, 11) is 1.58. The molecule has 0 saturated carbocycles. The number of anilines is 1. The molecule has 0 aliphatic heterocycles. The van der Waals surface area contributed by atoms with Crippen LogP contribution in [0.25, 0.3) is 0 Å². The van der Waals surface area contributed by atoms with Crippen molar-refractivity contribution < 1.29 is 9.53 Å². The second-order valence-corrected chi connectivity index (χ2v) is 5.21. The van der Waals surface area contributed by atoms with Crippen molar-refractivity contribution in [2.75, 3.05) is 18.2 Å². The maximum Gasteiger partial charge on any atom is 0.234 e. The Morgan fingerprint density at radius 3 is 2.80 bits per heavy atom. The number of methoxy groups -OCH3 is 1. The Labute approximate surface area is 122 Å². The number of hydrogen-bond acceptors (Lipinski definition) is 4. The molecular formula is C15H16N2O2S. The lowest BCUT2D eigenvalue weighted by atomic mass is 10.3. The summed E-state index contributed by atoms with van der Waals surface area (Å²) in [6.07, 6.45) is 1.79. The van der Waals surface area contributed by atoms with Crippen LogP contribution >= 0.6 is 11.8 Å². The molecule has 0 atom stereocenters. The number of aryl methyl sites for hydroxylation is 1. The third-order valence-electron chi connectivity index (χ3n) is 2.62. The third-order valence-corrected chi connectivity index (χ3v) is 3.56. The topological polar surface area (TPSA) is 51.2 Å². The van der Waals surface area contributed by atoms with Gasteiger partial charge in [-0.1, -0.05) is 30.0 Å². The summed E-state index contributed by atoms with van der Waals surface area (Å²) in [5.41, 5.74) is 1.78. The van der Waals surface area contributed by atoms with Crippen LogP contribution in [0.4, 0.5) is 5.69 Å². The van der Waals surface area contributed by atoms with Crippen molar-refractivity contribution >= 4 is 23.4 Å². The Hall–Kier alpha value is -2.01. The van der Waals surface area contributed by atoms with Gasteiger partial charge in [0, 0.05) is 6.20 Å². The molecule has 0 saturated heterocycles. The molecule has 2 rings (SSSR count). The van der Waals surface area contributed by atoms with Gasteiger partial charge in [-0.15, -0.1) is 0 Å². The highest BCUT2D eigenvalue weighted by molar-refractivity contribution is 7.99. The average Bonchev–Trinajstić information content (AvgIpc) is 2.47. The van der Waals surface area contributed by atoms with E-state index in [-0.39, 0.29) is 5.91 Å². The van der Waals surface area contributed by atoms with Crippen LogP contribution in [0.15, 0.2) is 47.6 Å². The second-order valence-electron chi connectivity index (χ2n) is 4.21. The van der Waals surface area contributed by atoms with Gasteiger partial charge < -0.3 is 10.1 Å². The van der Waals surface area contributed by atoms with E-state index >= 15 is 0 Å². The molecule has 0 aliphatic carbocycles. The lowest BCUT2D eigenvalue weighted by Crippen LogP contribution is -2.14. The van der Waals surface area contributed by atoms with Crippen molar-refractivity contribution in [1.29, 1.82) is 0 Å². The fraction of sp³-hybridized carbons (Fsp3) is 0.200. The summed E-state index contributed by atoms with van der Waals surface area (Å²) < 4.78 is 5.19. The number of benzene rings is 1. The van der Waals surface area contributed by atoms with Gasteiger partial charge in [0.05, 0.1) is 23.6 Å². The van der Waals surface area contributed by atoms with Crippen molar-refractivity contribution in [3.05, 3.63) is 48.2 Å². The van der Waals surface area contributed by atoms with Crippen molar-refractivity contribution in [3.63, 3.8) is 0 Å². The molecular weight excluding hydrogens is 272 g/mol. The monoisotopic (exact) mass is 288 g/mol. The predicted molar refractivity (Wildman–Crippen MR) is 81.3 cm³/mol. The molecule has 1 N–H and O–H groups in total. The number of rotatable bonds is 5. The molecule has 0 aliphatic rings. The highest BCUT2D eigenvalue weighted by atomic mass is 32.2. The molecule has 1 amide bonds. The van der Waals surface area contributed by atoms with Crippen LogP contribution < -0.4 is 10.1 Å². The first-order valence-corrected chi connectivity index (χ1v) is 7.16. The van der Waals surface area contributed by atoms with E-state index in [0.717, 1.165) is 10.6 Å². The van der Waals surface area contributed by atoms with E-state index in [4.69, 9.17) is 4.74 Å². The molecule has 2 aromatic rings. The lowest BCUT2D eigenvalue weighted by Gasteiger charge is -2.09. The number of nitrogens with zero attached hydrogens (tertiary/aromatic N) is 1. The Morgan fingerprint density at radius 2 is 2.10 bits per heavy atom. The van der Waals surface area contributed by atoms with E-state index in [9.17, 15) is 4.79 Å². The minimum absolute atomic E-state index is 0.0816. The number of nitrogens with one attached hydrogen (secondary N) is 1. The first kappa shape index (κ1) is 14.4. The van der Waals surface area contributed by atoms with Gasteiger partial charge in [-0.05, 0) is 30.7 Å². The van der Waals surface area contributed by atoms with Crippen LogP contribution in [0.5, 0.6) is 5.75 Å². The van der Waals surface area contributed by atoms with Gasteiger partial charge in [-0.2, -0.15) is 0 Å². The van der Waals surface area contributed by atoms with Crippen LogP contribution in [0, 0.1) is 6.92 Å². The van der Waals surface area contributed by atoms with Crippen LogP contribution in [-0.2, 0) is 4.79 Å². The van der Waals surface area contributed by atoms with E-state index in [0.29, 0.717) is 17.2 Å². The molecule has 4 nitrogen and oxygen atoms in total. The molecule has 0 spiro atoms. The number of carbonyl (C=O) groups excluding carboxylic acids is 1. The van der Waals surface area contributed by atoms with Gasteiger partial charge in [-0.25, -0.2) is 4.98 Å². The normalized spacial score (nSPS) is 10.1. The highest BCUT2D eigenvalue weighted by Gasteiger charge is 2.07. The molecule has 1 aromatic carbocycles. The van der Waals surface area contributed by atoms with Crippen molar-refractivity contribution in [2.24, 2.45) is 0 Å². The van der Waals surface area contributed by atoms with E-state index in [1.165, 1.54) is 11.8 Å². The number of ether oxygens (including phenoxy) is 1. The fourth-order valence-corrected chi connectivity index (χ4v) is 2.26. The number of aromatic nitrogens is 1. The van der Waals surface area contributed by atoms with Gasteiger partial charge in [0.2, 0.25) is 5.91 Å². The Bertz CT molecular complexity index is 585. The number of hydrogen-bond donors (Lipinski definition) is 1. The van der Waals surface area contributed by atoms with Crippen molar-refractivity contribution in [2.45, 2.75) is 11.9 Å². The van der Waals surface area contributed by atoms with Crippen LogP contribution in [0.2, 0.25) is 0 Å². The first-order valence-electron chi connectivity index (χ1n) is 6.17. The summed E-state index contributed by atoms with van der Waals surface area (Å²) in [4.78, 5) is 16.2. The summed E-state index contributed by atoms with van der Waals surface area (Å²) in [5.74, 6) is 0.884. The Balaban J connectivity index is 1.91. The third kappa shape index (κ3) is 3.99. The number of pyridine rings is 1. The summed E-state index contributed by atoms with van der Waals surface area (Å²) in [5, 5.41) is 3.67. The first-order chi connectivity index (χ1) is 9.69. The Kier molecular flexibility index (Phi) is 5.01. The summed E-state index contributed by atoms with van der Waals surface area (Å²) >= 11 is 1.41. The van der Waals surface area contributed by atoms with Gasteiger partial charge >= 0.3 is 0 Å².